The van der Waals surface area contributed by atoms with Crippen LogP contribution < -0.4 is 5.73 Å². The van der Waals surface area contributed by atoms with E-state index in [2.05, 4.69) is 46.6 Å². The zero-order valence-corrected chi connectivity index (χ0v) is 16.5. The molecule has 2 N–H and O–H groups in total. The third kappa shape index (κ3) is 3.31. The van der Waals surface area contributed by atoms with Gasteiger partial charge in [0.1, 0.15) is 17.9 Å². The van der Waals surface area contributed by atoms with Crippen LogP contribution in [0.1, 0.15) is 26.6 Å². The SMILES string of the molecule is CCOCc1nc2c(N)nc3cc(-c4cccnc4)ccc3c2n1CC(C)C. The highest BCUT2D eigenvalue weighted by Crippen LogP contribution is 2.32. The molecule has 6 heteroatoms. The summed E-state index contributed by atoms with van der Waals surface area (Å²) in [4.78, 5) is 13.6. The maximum Gasteiger partial charge on any atom is 0.152 e. The van der Waals surface area contributed by atoms with E-state index in [-0.39, 0.29) is 0 Å². The zero-order chi connectivity index (χ0) is 19.7. The monoisotopic (exact) mass is 375 g/mol. The molecule has 0 amide bonds. The van der Waals surface area contributed by atoms with Crippen molar-refractivity contribution in [2.45, 2.75) is 33.9 Å². The van der Waals surface area contributed by atoms with Gasteiger partial charge in [0, 0.05) is 36.5 Å². The van der Waals surface area contributed by atoms with Gasteiger partial charge in [0.05, 0.1) is 11.0 Å². The Morgan fingerprint density at radius 1 is 1.14 bits per heavy atom. The van der Waals surface area contributed by atoms with E-state index in [0.29, 0.717) is 24.9 Å². The third-order valence-electron chi connectivity index (χ3n) is 4.76. The summed E-state index contributed by atoms with van der Waals surface area (Å²) in [7, 11) is 0. The molecule has 1 aromatic carbocycles. The number of hydrogen-bond acceptors (Lipinski definition) is 5. The Bertz CT molecular complexity index is 1120. The summed E-state index contributed by atoms with van der Waals surface area (Å²) < 4.78 is 7.88. The van der Waals surface area contributed by atoms with Gasteiger partial charge in [-0.25, -0.2) is 9.97 Å². The van der Waals surface area contributed by atoms with Crippen LogP contribution in [0, 0.1) is 5.92 Å². The lowest BCUT2D eigenvalue weighted by atomic mass is 10.0. The molecule has 4 aromatic rings. The number of ether oxygens (including phenoxy) is 1. The molecule has 0 radical (unpaired) electrons. The first-order valence-corrected chi connectivity index (χ1v) is 9.65. The summed E-state index contributed by atoms with van der Waals surface area (Å²) in [6, 6.07) is 10.2. The Hall–Kier alpha value is -2.99. The second-order valence-electron chi connectivity index (χ2n) is 7.34. The lowest BCUT2D eigenvalue weighted by molar-refractivity contribution is 0.125. The summed E-state index contributed by atoms with van der Waals surface area (Å²) in [5, 5.41) is 1.05. The maximum atomic E-state index is 6.31. The number of nitrogen functional groups attached to an aromatic ring is 1. The highest BCUT2D eigenvalue weighted by atomic mass is 16.5. The van der Waals surface area contributed by atoms with E-state index < -0.39 is 0 Å². The van der Waals surface area contributed by atoms with Gasteiger partial charge < -0.3 is 15.0 Å². The quantitative estimate of drug-likeness (QED) is 0.540. The van der Waals surface area contributed by atoms with Crippen molar-refractivity contribution < 1.29 is 4.74 Å². The van der Waals surface area contributed by atoms with Crippen molar-refractivity contribution in [1.82, 2.24) is 19.5 Å². The molecular weight excluding hydrogens is 350 g/mol. The summed E-state index contributed by atoms with van der Waals surface area (Å²) >= 11 is 0. The van der Waals surface area contributed by atoms with Gasteiger partial charge in [-0.1, -0.05) is 32.0 Å². The van der Waals surface area contributed by atoms with Crippen LogP contribution in [0.5, 0.6) is 0 Å². The standard InChI is InChI=1S/C22H25N5O/c1-4-28-13-19-26-20-21(27(19)12-14(2)3)17-8-7-15(10-18(17)25-22(20)23)16-6-5-9-24-11-16/h5-11,14H,4,12-13H2,1-3H3,(H2,23,25). The van der Waals surface area contributed by atoms with Crippen molar-refractivity contribution in [2.24, 2.45) is 5.92 Å². The number of aromatic nitrogens is 4. The number of pyridine rings is 2. The number of nitrogens with zero attached hydrogens (tertiary/aromatic N) is 4. The molecule has 0 unspecified atom stereocenters. The second-order valence-corrected chi connectivity index (χ2v) is 7.34. The smallest absolute Gasteiger partial charge is 0.152 e. The number of hydrogen-bond donors (Lipinski definition) is 1. The highest BCUT2D eigenvalue weighted by Gasteiger charge is 2.18. The van der Waals surface area contributed by atoms with Gasteiger partial charge in [-0.2, -0.15) is 0 Å². The van der Waals surface area contributed by atoms with Gasteiger partial charge in [-0.05, 0) is 30.5 Å². The molecule has 3 heterocycles. The Morgan fingerprint density at radius 3 is 2.71 bits per heavy atom. The van der Waals surface area contributed by atoms with E-state index in [1.807, 2.05) is 25.3 Å². The fraction of sp³-hybridized carbons (Fsp3) is 0.318. The highest BCUT2D eigenvalue weighted by molar-refractivity contribution is 6.07. The summed E-state index contributed by atoms with van der Waals surface area (Å²) in [5.41, 5.74) is 11.1. The van der Waals surface area contributed by atoms with Crippen LogP contribution in [-0.4, -0.2) is 26.1 Å². The third-order valence-corrected chi connectivity index (χ3v) is 4.76. The van der Waals surface area contributed by atoms with Crippen LogP contribution in [0.2, 0.25) is 0 Å². The Morgan fingerprint density at radius 2 is 2.00 bits per heavy atom. The van der Waals surface area contributed by atoms with Crippen molar-refractivity contribution in [3.8, 4) is 11.1 Å². The maximum absolute atomic E-state index is 6.31. The van der Waals surface area contributed by atoms with Gasteiger partial charge in [0.25, 0.3) is 0 Å². The molecule has 28 heavy (non-hydrogen) atoms. The van der Waals surface area contributed by atoms with E-state index in [4.69, 9.17) is 15.5 Å². The minimum absolute atomic E-state index is 0.450. The van der Waals surface area contributed by atoms with Crippen molar-refractivity contribution in [1.29, 1.82) is 0 Å². The number of anilines is 1. The van der Waals surface area contributed by atoms with E-state index >= 15 is 0 Å². The molecule has 6 nitrogen and oxygen atoms in total. The molecule has 0 saturated carbocycles. The topological polar surface area (TPSA) is 78.8 Å². The van der Waals surface area contributed by atoms with Crippen LogP contribution in [0.3, 0.4) is 0 Å². The van der Waals surface area contributed by atoms with Crippen molar-refractivity contribution in [3.05, 3.63) is 48.5 Å². The predicted octanol–water partition coefficient (Wildman–Crippen LogP) is 4.42. The number of rotatable bonds is 6. The van der Waals surface area contributed by atoms with Crippen LogP contribution in [0.25, 0.3) is 33.1 Å². The molecule has 0 atom stereocenters. The van der Waals surface area contributed by atoms with Gasteiger partial charge in [0.2, 0.25) is 0 Å². The van der Waals surface area contributed by atoms with Crippen LogP contribution >= 0.6 is 0 Å². The average molecular weight is 375 g/mol. The lowest BCUT2D eigenvalue weighted by Crippen LogP contribution is -2.10. The molecule has 0 fully saturated rings. The molecule has 0 saturated heterocycles. The first-order valence-electron chi connectivity index (χ1n) is 9.65. The summed E-state index contributed by atoms with van der Waals surface area (Å²) in [5.74, 6) is 1.81. The number of benzene rings is 1. The zero-order valence-electron chi connectivity index (χ0n) is 16.5. The minimum Gasteiger partial charge on any atom is -0.382 e. The second kappa shape index (κ2) is 7.56. The van der Waals surface area contributed by atoms with Gasteiger partial charge >= 0.3 is 0 Å². The first kappa shape index (κ1) is 18.4. The minimum atomic E-state index is 0.450. The largest absolute Gasteiger partial charge is 0.382 e. The molecule has 0 aliphatic carbocycles. The molecule has 0 aliphatic heterocycles. The molecular formula is C22H25N5O. The van der Waals surface area contributed by atoms with Crippen molar-refractivity contribution >= 4 is 27.8 Å². The summed E-state index contributed by atoms with van der Waals surface area (Å²) in [6.07, 6.45) is 3.63. The van der Waals surface area contributed by atoms with Crippen LogP contribution in [0.15, 0.2) is 42.7 Å². The molecule has 144 valence electrons. The van der Waals surface area contributed by atoms with Gasteiger partial charge in [-0.15, -0.1) is 0 Å². The number of fused-ring (bicyclic) bond motifs is 3. The van der Waals surface area contributed by atoms with E-state index in [0.717, 1.165) is 45.4 Å². The normalized spacial score (nSPS) is 11.7. The molecule has 3 aromatic heterocycles. The average Bonchev–Trinajstić information content (AvgIpc) is 3.05. The summed E-state index contributed by atoms with van der Waals surface area (Å²) in [6.45, 7) is 8.34. The van der Waals surface area contributed by atoms with Crippen molar-refractivity contribution in [2.75, 3.05) is 12.3 Å². The van der Waals surface area contributed by atoms with Gasteiger partial charge in [-0.3, -0.25) is 4.98 Å². The Balaban J connectivity index is 1.95. The molecule has 0 spiro atoms. The van der Waals surface area contributed by atoms with Gasteiger partial charge in [0.15, 0.2) is 5.82 Å². The number of imidazole rings is 1. The fourth-order valence-corrected chi connectivity index (χ4v) is 3.54. The van der Waals surface area contributed by atoms with E-state index in [1.165, 1.54) is 0 Å². The van der Waals surface area contributed by atoms with E-state index in [1.54, 1.807) is 6.20 Å². The lowest BCUT2D eigenvalue weighted by Gasteiger charge is -2.13. The predicted molar refractivity (Wildman–Crippen MR) is 113 cm³/mol. The van der Waals surface area contributed by atoms with Crippen LogP contribution in [-0.2, 0) is 17.9 Å². The molecule has 4 rings (SSSR count). The molecule has 0 aliphatic rings. The molecule has 0 bridgehead atoms. The Kier molecular flexibility index (Phi) is 4.96. The number of nitrogens with two attached hydrogens (primary N) is 1. The fourth-order valence-electron chi connectivity index (χ4n) is 3.54. The Labute approximate surface area is 164 Å². The van der Waals surface area contributed by atoms with E-state index in [9.17, 15) is 0 Å². The van der Waals surface area contributed by atoms with Crippen LogP contribution in [0.4, 0.5) is 5.82 Å². The van der Waals surface area contributed by atoms with Crippen molar-refractivity contribution in [3.63, 3.8) is 0 Å². The first-order chi connectivity index (χ1) is 13.6.